The number of nitrogens with zero attached hydrogens (tertiary/aromatic N) is 2. The highest BCUT2D eigenvalue weighted by atomic mass is 79.9. The molecule has 0 atom stereocenters. The minimum atomic E-state index is -0.122. The highest BCUT2D eigenvalue weighted by Crippen LogP contribution is 2.31. The maximum Gasteiger partial charge on any atom is 0.258 e. The molecule has 1 aromatic carbocycles. The first-order chi connectivity index (χ1) is 9.67. The molecular weight excluding hydrogens is 318 g/mol. The summed E-state index contributed by atoms with van der Waals surface area (Å²) in [4.78, 5) is 12.2. The first kappa shape index (κ1) is 13.4. The Bertz CT molecular complexity index is 663. The number of amides is 1. The molecule has 20 heavy (non-hydrogen) atoms. The molecule has 1 aliphatic carbocycles. The van der Waals surface area contributed by atoms with E-state index in [1.54, 1.807) is 17.1 Å². The van der Waals surface area contributed by atoms with Gasteiger partial charge in [-0.05, 0) is 65.4 Å². The summed E-state index contributed by atoms with van der Waals surface area (Å²) in [5.41, 5.74) is 4.14. The standard InChI is InChI=1S/C15H16BrN3O/c1-2-19-9-12(8-17-19)15(20)18-14-7-11-5-3-4-10(11)6-13(14)16/h6-9H,2-5H2,1H3,(H,18,20). The normalized spacial score (nSPS) is 13.3. The Morgan fingerprint density at radius 3 is 2.85 bits per heavy atom. The Morgan fingerprint density at radius 2 is 2.15 bits per heavy atom. The second-order valence-corrected chi connectivity index (χ2v) is 5.85. The third-order valence-corrected chi connectivity index (χ3v) is 4.31. The first-order valence-electron chi connectivity index (χ1n) is 6.82. The van der Waals surface area contributed by atoms with Gasteiger partial charge in [-0.2, -0.15) is 5.10 Å². The van der Waals surface area contributed by atoms with Gasteiger partial charge in [0.2, 0.25) is 0 Å². The van der Waals surface area contributed by atoms with Gasteiger partial charge in [0.25, 0.3) is 5.91 Å². The quantitative estimate of drug-likeness (QED) is 0.935. The minimum absolute atomic E-state index is 0.122. The Balaban J connectivity index is 1.82. The van der Waals surface area contributed by atoms with E-state index in [1.165, 1.54) is 17.5 Å². The van der Waals surface area contributed by atoms with Crippen LogP contribution in [0.4, 0.5) is 5.69 Å². The second-order valence-electron chi connectivity index (χ2n) is 4.99. The van der Waals surface area contributed by atoms with Gasteiger partial charge in [-0.25, -0.2) is 0 Å². The maximum atomic E-state index is 12.2. The third kappa shape index (κ3) is 2.50. The molecule has 0 bridgehead atoms. The van der Waals surface area contributed by atoms with Crippen LogP contribution in [0.25, 0.3) is 0 Å². The van der Waals surface area contributed by atoms with Crippen LogP contribution < -0.4 is 5.32 Å². The molecule has 0 radical (unpaired) electrons. The molecule has 1 aromatic heterocycles. The van der Waals surface area contributed by atoms with Crippen LogP contribution in [0.1, 0.15) is 34.8 Å². The van der Waals surface area contributed by atoms with E-state index in [0.717, 1.165) is 29.5 Å². The van der Waals surface area contributed by atoms with Gasteiger partial charge < -0.3 is 5.32 Å². The van der Waals surface area contributed by atoms with Crippen molar-refractivity contribution in [3.8, 4) is 0 Å². The number of rotatable bonds is 3. The van der Waals surface area contributed by atoms with Gasteiger partial charge in [-0.3, -0.25) is 9.48 Å². The lowest BCUT2D eigenvalue weighted by atomic mass is 10.1. The number of anilines is 1. The molecule has 0 spiro atoms. The number of hydrogen-bond acceptors (Lipinski definition) is 2. The van der Waals surface area contributed by atoms with Crippen molar-refractivity contribution in [3.05, 3.63) is 45.7 Å². The summed E-state index contributed by atoms with van der Waals surface area (Å²) in [6, 6.07) is 4.20. The summed E-state index contributed by atoms with van der Waals surface area (Å²) in [6.45, 7) is 2.75. The van der Waals surface area contributed by atoms with Crippen molar-refractivity contribution in [1.82, 2.24) is 9.78 Å². The lowest BCUT2D eigenvalue weighted by Gasteiger charge is -2.09. The van der Waals surface area contributed by atoms with Crippen molar-refractivity contribution in [3.63, 3.8) is 0 Å². The summed E-state index contributed by atoms with van der Waals surface area (Å²) in [5.74, 6) is -0.122. The molecule has 104 valence electrons. The third-order valence-electron chi connectivity index (χ3n) is 3.65. The fraction of sp³-hybridized carbons (Fsp3) is 0.333. The first-order valence-corrected chi connectivity index (χ1v) is 7.61. The molecule has 0 aliphatic heterocycles. The molecule has 3 rings (SSSR count). The zero-order chi connectivity index (χ0) is 14.1. The van der Waals surface area contributed by atoms with Crippen LogP contribution >= 0.6 is 15.9 Å². The predicted molar refractivity (Wildman–Crippen MR) is 82.0 cm³/mol. The second kappa shape index (κ2) is 5.40. The summed E-state index contributed by atoms with van der Waals surface area (Å²) in [5, 5.41) is 7.08. The fourth-order valence-electron chi connectivity index (χ4n) is 2.54. The molecule has 4 nitrogen and oxygen atoms in total. The zero-order valence-electron chi connectivity index (χ0n) is 11.3. The number of aromatic nitrogens is 2. The Labute approximate surface area is 126 Å². The van der Waals surface area contributed by atoms with Crippen molar-refractivity contribution in [2.24, 2.45) is 0 Å². The molecular formula is C15H16BrN3O. The Hall–Kier alpha value is -1.62. The number of benzene rings is 1. The molecule has 0 unspecified atom stereocenters. The average molecular weight is 334 g/mol. The van der Waals surface area contributed by atoms with Crippen LogP contribution in [0.3, 0.4) is 0 Å². The molecule has 5 heteroatoms. The molecule has 2 aromatic rings. The van der Waals surface area contributed by atoms with E-state index < -0.39 is 0 Å². The number of carbonyl (C=O) groups excluding carboxylic acids is 1. The number of aryl methyl sites for hydroxylation is 3. The van der Waals surface area contributed by atoms with Crippen molar-refractivity contribution in [2.45, 2.75) is 32.7 Å². The topological polar surface area (TPSA) is 46.9 Å². The van der Waals surface area contributed by atoms with Crippen LogP contribution in [-0.2, 0) is 19.4 Å². The highest BCUT2D eigenvalue weighted by molar-refractivity contribution is 9.10. The van der Waals surface area contributed by atoms with E-state index in [-0.39, 0.29) is 5.91 Å². The Morgan fingerprint density at radius 1 is 1.40 bits per heavy atom. The molecule has 1 N–H and O–H groups in total. The van der Waals surface area contributed by atoms with Gasteiger partial charge in [0.15, 0.2) is 0 Å². The monoisotopic (exact) mass is 333 g/mol. The maximum absolute atomic E-state index is 12.2. The smallest absolute Gasteiger partial charge is 0.258 e. The van der Waals surface area contributed by atoms with Crippen LogP contribution in [0.15, 0.2) is 29.0 Å². The lowest BCUT2D eigenvalue weighted by Crippen LogP contribution is -2.12. The van der Waals surface area contributed by atoms with Gasteiger partial charge in [0.05, 0.1) is 17.4 Å². The van der Waals surface area contributed by atoms with Gasteiger partial charge in [0, 0.05) is 17.2 Å². The van der Waals surface area contributed by atoms with Gasteiger partial charge >= 0.3 is 0 Å². The number of halogens is 1. The van der Waals surface area contributed by atoms with Crippen molar-refractivity contribution in [1.29, 1.82) is 0 Å². The molecule has 0 fully saturated rings. The number of nitrogens with one attached hydrogen (secondary N) is 1. The van der Waals surface area contributed by atoms with E-state index >= 15 is 0 Å². The molecule has 1 heterocycles. The van der Waals surface area contributed by atoms with Gasteiger partial charge in [-0.15, -0.1) is 0 Å². The average Bonchev–Trinajstić information content (AvgIpc) is 3.07. The highest BCUT2D eigenvalue weighted by Gasteiger charge is 2.16. The number of fused-ring (bicyclic) bond motifs is 1. The summed E-state index contributed by atoms with van der Waals surface area (Å²) >= 11 is 3.53. The van der Waals surface area contributed by atoms with Crippen LogP contribution in [0, 0.1) is 0 Å². The molecule has 1 aliphatic rings. The lowest BCUT2D eigenvalue weighted by molar-refractivity contribution is 0.102. The van der Waals surface area contributed by atoms with E-state index in [4.69, 9.17) is 0 Å². The van der Waals surface area contributed by atoms with Crippen molar-refractivity contribution in [2.75, 3.05) is 5.32 Å². The number of carbonyl (C=O) groups is 1. The largest absolute Gasteiger partial charge is 0.321 e. The fourth-order valence-corrected chi connectivity index (χ4v) is 3.03. The molecule has 1 amide bonds. The van der Waals surface area contributed by atoms with Gasteiger partial charge in [-0.1, -0.05) is 0 Å². The predicted octanol–water partition coefficient (Wildman–Crippen LogP) is 3.41. The van der Waals surface area contributed by atoms with Crippen LogP contribution in [0.2, 0.25) is 0 Å². The molecule has 0 saturated heterocycles. The van der Waals surface area contributed by atoms with E-state index in [0.29, 0.717) is 5.56 Å². The van der Waals surface area contributed by atoms with E-state index in [1.807, 2.05) is 6.92 Å². The Kier molecular flexibility index (Phi) is 3.61. The van der Waals surface area contributed by atoms with Crippen molar-refractivity contribution < 1.29 is 4.79 Å². The summed E-state index contributed by atoms with van der Waals surface area (Å²) in [7, 11) is 0. The van der Waals surface area contributed by atoms with Gasteiger partial charge in [0.1, 0.15) is 0 Å². The molecule has 0 saturated carbocycles. The minimum Gasteiger partial charge on any atom is -0.321 e. The summed E-state index contributed by atoms with van der Waals surface area (Å²) < 4.78 is 2.68. The van der Waals surface area contributed by atoms with E-state index in [9.17, 15) is 4.79 Å². The number of hydrogen-bond donors (Lipinski definition) is 1. The van der Waals surface area contributed by atoms with Crippen LogP contribution in [-0.4, -0.2) is 15.7 Å². The zero-order valence-corrected chi connectivity index (χ0v) is 12.9. The van der Waals surface area contributed by atoms with E-state index in [2.05, 4.69) is 38.5 Å². The van der Waals surface area contributed by atoms with Crippen molar-refractivity contribution >= 4 is 27.5 Å². The van der Waals surface area contributed by atoms with Crippen LogP contribution in [0.5, 0.6) is 0 Å². The summed E-state index contributed by atoms with van der Waals surface area (Å²) in [6.07, 6.45) is 6.78. The SMILES string of the molecule is CCn1cc(C(=O)Nc2cc3c(cc2Br)CCC3)cn1.